The van der Waals surface area contributed by atoms with Crippen LogP contribution in [0.5, 0.6) is 0 Å². The molecule has 0 aliphatic carbocycles. The first-order valence-electron chi connectivity index (χ1n) is 9.37. The van der Waals surface area contributed by atoms with E-state index >= 15 is 0 Å². The van der Waals surface area contributed by atoms with Gasteiger partial charge in [-0.1, -0.05) is 91.0 Å². The molecular formula is C24H22N2O2. The summed E-state index contributed by atoms with van der Waals surface area (Å²) in [7, 11) is 0. The van der Waals surface area contributed by atoms with E-state index in [0.717, 1.165) is 16.7 Å². The number of hydrogen-bond donors (Lipinski definition) is 1. The molecule has 140 valence electrons. The van der Waals surface area contributed by atoms with Crippen LogP contribution in [0.2, 0.25) is 0 Å². The van der Waals surface area contributed by atoms with Crippen LogP contribution in [0.3, 0.4) is 0 Å². The molecule has 3 aromatic rings. The summed E-state index contributed by atoms with van der Waals surface area (Å²) in [5.41, 5.74) is 1.47. The zero-order chi connectivity index (χ0) is 19.6. The van der Waals surface area contributed by atoms with Crippen molar-refractivity contribution in [3.8, 4) is 0 Å². The summed E-state index contributed by atoms with van der Waals surface area (Å²) in [5, 5.41) is 2.99. The van der Waals surface area contributed by atoms with Crippen LogP contribution in [0.15, 0.2) is 91.0 Å². The van der Waals surface area contributed by atoms with E-state index in [9.17, 15) is 9.59 Å². The number of piperazine rings is 1. The van der Waals surface area contributed by atoms with Crippen molar-refractivity contribution < 1.29 is 9.59 Å². The van der Waals surface area contributed by atoms with Gasteiger partial charge in [0.05, 0.1) is 0 Å². The molecule has 4 rings (SSSR count). The zero-order valence-electron chi connectivity index (χ0n) is 15.7. The van der Waals surface area contributed by atoms with E-state index in [-0.39, 0.29) is 11.8 Å². The van der Waals surface area contributed by atoms with E-state index in [4.69, 9.17) is 0 Å². The molecule has 1 heterocycles. The van der Waals surface area contributed by atoms with Gasteiger partial charge in [-0.3, -0.25) is 9.59 Å². The maximum atomic E-state index is 13.7. The second-order valence-electron chi connectivity index (χ2n) is 7.21. The number of carbonyl (C=O) groups excluding carboxylic acids is 2. The number of carbonyl (C=O) groups is 2. The van der Waals surface area contributed by atoms with Crippen LogP contribution in [0.1, 0.15) is 29.7 Å². The fraction of sp³-hybridized carbons (Fsp3) is 0.167. The third-order valence-electron chi connectivity index (χ3n) is 5.28. The molecule has 28 heavy (non-hydrogen) atoms. The minimum atomic E-state index is -1.10. The van der Waals surface area contributed by atoms with Crippen LogP contribution in [0.25, 0.3) is 0 Å². The smallest absolute Gasteiger partial charge is 0.253 e. The molecule has 0 radical (unpaired) electrons. The van der Waals surface area contributed by atoms with Crippen molar-refractivity contribution in [1.82, 2.24) is 10.2 Å². The van der Waals surface area contributed by atoms with Crippen LogP contribution < -0.4 is 5.32 Å². The van der Waals surface area contributed by atoms with Gasteiger partial charge in [0, 0.05) is 6.54 Å². The highest BCUT2D eigenvalue weighted by atomic mass is 16.2. The average Bonchev–Trinajstić information content (AvgIpc) is 2.74. The topological polar surface area (TPSA) is 49.4 Å². The lowest BCUT2D eigenvalue weighted by Gasteiger charge is -2.44. The molecule has 4 heteroatoms. The van der Waals surface area contributed by atoms with Gasteiger partial charge in [-0.15, -0.1) is 0 Å². The highest BCUT2D eigenvalue weighted by Crippen LogP contribution is 2.35. The van der Waals surface area contributed by atoms with Gasteiger partial charge in [0.2, 0.25) is 5.91 Å². The summed E-state index contributed by atoms with van der Waals surface area (Å²) in [6.07, 6.45) is 0. The SMILES string of the molecule is CC1(c2ccccc2)NC(=O)C(c2ccccc2)N(Cc2ccccc2)C1=O. The lowest BCUT2D eigenvalue weighted by molar-refractivity contribution is -0.156. The first-order valence-corrected chi connectivity index (χ1v) is 9.37. The fourth-order valence-electron chi connectivity index (χ4n) is 3.79. The monoisotopic (exact) mass is 370 g/mol. The molecular weight excluding hydrogens is 348 g/mol. The summed E-state index contributed by atoms with van der Waals surface area (Å²) in [4.78, 5) is 28.6. The third kappa shape index (κ3) is 3.18. The zero-order valence-corrected chi connectivity index (χ0v) is 15.7. The standard InChI is InChI=1S/C24H22N2O2/c1-24(20-15-9-4-10-16-20)23(28)26(17-18-11-5-2-6-12-18)21(22(27)25-24)19-13-7-3-8-14-19/h2-16,21H,17H2,1H3,(H,25,27). The van der Waals surface area contributed by atoms with Crippen molar-refractivity contribution in [1.29, 1.82) is 0 Å². The summed E-state index contributed by atoms with van der Waals surface area (Å²) in [6.45, 7) is 2.15. The molecule has 0 aromatic heterocycles. The molecule has 4 nitrogen and oxygen atoms in total. The Morgan fingerprint density at radius 2 is 1.36 bits per heavy atom. The Labute approximate surface area is 164 Å². The minimum absolute atomic E-state index is 0.115. The highest BCUT2D eigenvalue weighted by Gasteiger charge is 2.49. The summed E-state index contributed by atoms with van der Waals surface area (Å²) >= 11 is 0. The van der Waals surface area contributed by atoms with E-state index in [2.05, 4.69) is 5.32 Å². The van der Waals surface area contributed by atoms with Gasteiger partial charge < -0.3 is 10.2 Å². The van der Waals surface area contributed by atoms with E-state index in [1.807, 2.05) is 91.0 Å². The van der Waals surface area contributed by atoms with Crippen molar-refractivity contribution in [3.63, 3.8) is 0 Å². The second kappa shape index (κ2) is 7.31. The predicted octanol–water partition coefficient (Wildman–Crippen LogP) is 3.80. The molecule has 0 spiro atoms. The number of amides is 2. The molecule has 2 atom stereocenters. The van der Waals surface area contributed by atoms with Crippen LogP contribution in [0, 0.1) is 0 Å². The molecule has 2 unspecified atom stereocenters. The van der Waals surface area contributed by atoms with Gasteiger partial charge in [-0.25, -0.2) is 0 Å². The first-order chi connectivity index (χ1) is 13.6. The van der Waals surface area contributed by atoms with Crippen molar-refractivity contribution in [3.05, 3.63) is 108 Å². The predicted molar refractivity (Wildman–Crippen MR) is 108 cm³/mol. The summed E-state index contributed by atoms with van der Waals surface area (Å²) in [6, 6.07) is 28.0. The quantitative estimate of drug-likeness (QED) is 0.759. The normalized spacial score (nSPS) is 22.0. The number of benzene rings is 3. The van der Waals surface area contributed by atoms with Gasteiger partial charge in [0.25, 0.3) is 5.91 Å². The van der Waals surface area contributed by atoms with Crippen molar-refractivity contribution >= 4 is 11.8 Å². The lowest BCUT2D eigenvalue weighted by atomic mass is 9.85. The van der Waals surface area contributed by atoms with Crippen LogP contribution >= 0.6 is 0 Å². The van der Waals surface area contributed by atoms with Gasteiger partial charge in [-0.2, -0.15) is 0 Å². The molecule has 1 aliphatic heterocycles. The first kappa shape index (κ1) is 18.0. The number of nitrogens with one attached hydrogen (secondary N) is 1. The molecule has 3 aromatic carbocycles. The number of hydrogen-bond acceptors (Lipinski definition) is 2. The van der Waals surface area contributed by atoms with Crippen molar-refractivity contribution in [2.24, 2.45) is 0 Å². The number of nitrogens with zero attached hydrogens (tertiary/aromatic N) is 1. The van der Waals surface area contributed by atoms with Gasteiger partial charge in [-0.05, 0) is 23.6 Å². The Balaban J connectivity index is 1.79. The molecule has 2 amide bonds. The van der Waals surface area contributed by atoms with Gasteiger partial charge in [0.1, 0.15) is 11.6 Å². The van der Waals surface area contributed by atoms with Crippen LogP contribution in [-0.2, 0) is 21.7 Å². The van der Waals surface area contributed by atoms with Gasteiger partial charge >= 0.3 is 0 Å². The van der Waals surface area contributed by atoms with E-state index in [1.165, 1.54) is 0 Å². The third-order valence-corrected chi connectivity index (χ3v) is 5.28. The molecule has 1 N–H and O–H groups in total. The largest absolute Gasteiger partial charge is 0.336 e. The Morgan fingerprint density at radius 3 is 1.96 bits per heavy atom. The average molecular weight is 370 g/mol. The van der Waals surface area contributed by atoms with Crippen LogP contribution in [0.4, 0.5) is 0 Å². The Bertz CT molecular complexity index is 973. The van der Waals surface area contributed by atoms with Crippen molar-refractivity contribution in [2.75, 3.05) is 0 Å². The summed E-state index contributed by atoms with van der Waals surface area (Å²) in [5.74, 6) is -0.288. The Kier molecular flexibility index (Phi) is 4.70. The van der Waals surface area contributed by atoms with Crippen LogP contribution in [-0.4, -0.2) is 16.7 Å². The minimum Gasteiger partial charge on any atom is -0.336 e. The Hall–Kier alpha value is -3.40. The summed E-state index contributed by atoms with van der Waals surface area (Å²) < 4.78 is 0. The van der Waals surface area contributed by atoms with Gasteiger partial charge in [0.15, 0.2) is 0 Å². The number of rotatable bonds is 4. The van der Waals surface area contributed by atoms with E-state index < -0.39 is 11.6 Å². The fourth-order valence-corrected chi connectivity index (χ4v) is 3.79. The molecule has 1 aliphatic rings. The molecule has 1 fully saturated rings. The maximum absolute atomic E-state index is 13.7. The Morgan fingerprint density at radius 1 is 0.821 bits per heavy atom. The molecule has 0 bridgehead atoms. The lowest BCUT2D eigenvalue weighted by Crippen LogP contribution is -2.64. The second-order valence-corrected chi connectivity index (χ2v) is 7.21. The van der Waals surface area contributed by atoms with Crippen molar-refractivity contribution in [2.45, 2.75) is 25.0 Å². The highest BCUT2D eigenvalue weighted by molar-refractivity contribution is 6.00. The molecule has 1 saturated heterocycles. The maximum Gasteiger partial charge on any atom is 0.253 e. The van der Waals surface area contributed by atoms with E-state index in [1.54, 1.807) is 11.8 Å². The van der Waals surface area contributed by atoms with E-state index in [0.29, 0.717) is 6.54 Å². The molecule has 0 saturated carbocycles.